The first-order valence-corrected chi connectivity index (χ1v) is 9.77. The first-order chi connectivity index (χ1) is 13.6. The van der Waals surface area contributed by atoms with Gasteiger partial charge in [-0.2, -0.15) is 8.78 Å². The number of fused-ring (bicyclic) bond motifs is 4. The van der Waals surface area contributed by atoms with E-state index in [0.29, 0.717) is 27.6 Å². The number of pyridine rings is 1. The van der Waals surface area contributed by atoms with Crippen LogP contribution in [-0.4, -0.2) is 4.98 Å². The highest BCUT2D eigenvalue weighted by atomic mass is 32.2. The van der Waals surface area contributed by atoms with E-state index in [9.17, 15) is 0 Å². The van der Waals surface area contributed by atoms with Gasteiger partial charge in [-0.15, -0.1) is 0 Å². The van der Waals surface area contributed by atoms with Crippen molar-refractivity contribution in [2.75, 3.05) is 0 Å². The molecule has 0 fully saturated rings. The Balaban J connectivity index is 1.66. The van der Waals surface area contributed by atoms with Crippen molar-refractivity contribution >= 4 is 44.2 Å². The number of hydrogen-bond acceptors (Lipinski definition) is 2. The van der Waals surface area contributed by atoms with Crippen molar-refractivity contribution in [3.8, 4) is 0 Å². The summed E-state index contributed by atoms with van der Waals surface area (Å²) in [7, 11) is 0. The van der Waals surface area contributed by atoms with Gasteiger partial charge in [0.05, 0.1) is 5.52 Å². The average molecular weight is 387 g/mol. The van der Waals surface area contributed by atoms with E-state index in [4.69, 9.17) is 0 Å². The Morgan fingerprint density at radius 1 is 0.643 bits per heavy atom. The molecule has 28 heavy (non-hydrogen) atoms. The molecule has 1 aromatic heterocycles. The maximum absolute atomic E-state index is 15.4. The van der Waals surface area contributed by atoms with Crippen LogP contribution in [0.1, 0.15) is 5.69 Å². The normalized spacial score (nSPS) is 12.1. The van der Waals surface area contributed by atoms with Crippen molar-refractivity contribution in [2.45, 2.75) is 10.2 Å². The number of aromatic nitrogens is 1. The minimum Gasteiger partial charge on any atom is -0.245 e. The number of halogens is 2. The number of hydrogen-bond donors (Lipinski definition) is 0. The molecule has 0 unspecified atom stereocenters. The highest BCUT2D eigenvalue weighted by molar-refractivity contribution is 8.00. The van der Waals surface area contributed by atoms with Crippen LogP contribution in [0.5, 0.6) is 0 Å². The molecule has 0 saturated heterocycles. The summed E-state index contributed by atoms with van der Waals surface area (Å²) in [5, 5.41) is 0.977. The third kappa shape index (κ3) is 2.90. The lowest BCUT2D eigenvalue weighted by Crippen LogP contribution is -2.11. The van der Waals surface area contributed by atoms with Gasteiger partial charge in [-0.3, -0.25) is 0 Å². The lowest BCUT2D eigenvalue weighted by Gasteiger charge is -2.18. The molecule has 0 bridgehead atoms. The van der Waals surface area contributed by atoms with E-state index in [1.54, 1.807) is 30.3 Å². The second-order valence-electron chi connectivity index (χ2n) is 6.65. The molecule has 0 atom stereocenters. The Morgan fingerprint density at radius 3 is 2.11 bits per heavy atom. The maximum atomic E-state index is 15.4. The fourth-order valence-corrected chi connectivity index (χ4v) is 4.42. The molecule has 5 rings (SSSR count). The molecule has 0 spiro atoms. The summed E-state index contributed by atoms with van der Waals surface area (Å²) >= 11 is 0.541. The van der Waals surface area contributed by atoms with Crippen molar-refractivity contribution in [1.82, 2.24) is 4.98 Å². The molecule has 1 nitrogen and oxygen atoms in total. The Hall–Kier alpha value is -2.98. The van der Waals surface area contributed by atoms with Crippen LogP contribution in [-0.2, 0) is 5.25 Å². The summed E-state index contributed by atoms with van der Waals surface area (Å²) in [5.41, 5.74) is 0.384. The Labute approximate surface area is 165 Å². The highest BCUT2D eigenvalue weighted by Gasteiger charge is 2.37. The predicted octanol–water partition coefficient (Wildman–Crippen LogP) is 7.38. The zero-order chi connectivity index (χ0) is 19.1. The van der Waals surface area contributed by atoms with E-state index in [0.717, 1.165) is 21.5 Å². The molecule has 0 N–H and O–H groups in total. The van der Waals surface area contributed by atoms with E-state index >= 15 is 8.78 Å². The van der Waals surface area contributed by atoms with Gasteiger partial charge in [0.15, 0.2) is 0 Å². The Kier molecular flexibility index (Phi) is 4.02. The number of para-hydroxylation sites is 1. The summed E-state index contributed by atoms with van der Waals surface area (Å²) in [4.78, 5) is 4.88. The van der Waals surface area contributed by atoms with Gasteiger partial charge in [0, 0.05) is 15.7 Å². The van der Waals surface area contributed by atoms with Gasteiger partial charge in [-0.1, -0.05) is 72.8 Å². The standard InChI is InChI=1S/C24H15F2NS/c25-24(26,28-18-14-13-16-7-1-2-8-17(16)15-18)23-21-11-4-3-9-19(21)20-10-5-6-12-22(20)27-23/h1-15H. The van der Waals surface area contributed by atoms with E-state index in [-0.39, 0.29) is 5.69 Å². The maximum Gasteiger partial charge on any atom is 0.340 e. The first-order valence-electron chi connectivity index (χ1n) is 8.95. The van der Waals surface area contributed by atoms with Crippen LogP contribution in [0.3, 0.4) is 0 Å². The van der Waals surface area contributed by atoms with Crippen LogP contribution in [0.4, 0.5) is 8.78 Å². The third-order valence-corrected chi connectivity index (χ3v) is 5.79. The summed E-state index contributed by atoms with van der Waals surface area (Å²) < 4.78 is 30.8. The van der Waals surface area contributed by atoms with Gasteiger partial charge in [0.2, 0.25) is 0 Å². The molecule has 0 aliphatic carbocycles. The lowest BCUT2D eigenvalue weighted by molar-refractivity contribution is 0.102. The molecule has 0 amide bonds. The zero-order valence-electron chi connectivity index (χ0n) is 14.8. The van der Waals surface area contributed by atoms with Crippen LogP contribution in [0.25, 0.3) is 32.4 Å². The lowest BCUT2D eigenvalue weighted by atomic mass is 10.0. The largest absolute Gasteiger partial charge is 0.340 e. The minimum atomic E-state index is -3.16. The van der Waals surface area contributed by atoms with Crippen molar-refractivity contribution in [3.05, 3.63) is 96.7 Å². The SMILES string of the molecule is FC(F)(Sc1ccc2ccccc2c1)c1nc2ccccc2c2ccccc12. The zero-order valence-corrected chi connectivity index (χ0v) is 15.6. The smallest absolute Gasteiger partial charge is 0.245 e. The van der Waals surface area contributed by atoms with Crippen LogP contribution in [0, 0.1) is 0 Å². The first kappa shape index (κ1) is 17.1. The van der Waals surface area contributed by atoms with E-state index in [2.05, 4.69) is 4.98 Å². The monoisotopic (exact) mass is 387 g/mol. The van der Waals surface area contributed by atoms with Gasteiger partial charge >= 0.3 is 5.25 Å². The number of thioether (sulfide) groups is 1. The van der Waals surface area contributed by atoms with Crippen LogP contribution >= 0.6 is 11.8 Å². The molecular weight excluding hydrogens is 372 g/mol. The average Bonchev–Trinajstić information content (AvgIpc) is 2.73. The second kappa shape index (κ2) is 6.57. The van der Waals surface area contributed by atoms with Gasteiger partial charge in [0.1, 0.15) is 5.69 Å². The molecule has 136 valence electrons. The van der Waals surface area contributed by atoms with Crippen molar-refractivity contribution in [3.63, 3.8) is 0 Å². The molecular formula is C24H15F2NS. The summed E-state index contributed by atoms with van der Waals surface area (Å²) in [6, 6.07) is 27.8. The van der Waals surface area contributed by atoms with Gasteiger partial charge in [-0.05, 0) is 46.1 Å². The fraction of sp³-hybridized carbons (Fsp3) is 0.0417. The molecule has 0 aliphatic rings. The van der Waals surface area contributed by atoms with Crippen molar-refractivity contribution < 1.29 is 8.78 Å². The molecule has 1 heterocycles. The van der Waals surface area contributed by atoms with Gasteiger partial charge in [-0.25, -0.2) is 4.98 Å². The van der Waals surface area contributed by atoms with Crippen molar-refractivity contribution in [1.29, 1.82) is 0 Å². The number of nitrogens with zero attached hydrogens (tertiary/aromatic N) is 1. The topological polar surface area (TPSA) is 12.9 Å². The van der Waals surface area contributed by atoms with Gasteiger partial charge < -0.3 is 0 Å². The van der Waals surface area contributed by atoms with Crippen molar-refractivity contribution in [2.24, 2.45) is 0 Å². The second-order valence-corrected chi connectivity index (χ2v) is 7.84. The Bertz CT molecular complexity index is 1330. The summed E-state index contributed by atoms with van der Waals surface area (Å²) in [6.45, 7) is 0. The molecule has 4 aromatic carbocycles. The number of rotatable bonds is 3. The fourth-order valence-electron chi connectivity index (χ4n) is 3.55. The van der Waals surface area contributed by atoms with Gasteiger partial charge in [0.25, 0.3) is 0 Å². The minimum absolute atomic E-state index is 0.194. The Morgan fingerprint density at radius 2 is 1.29 bits per heavy atom. The number of alkyl halides is 2. The predicted molar refractivity (Wildman–Crippen MR) is 113 cm³/mol. The third-order valence-electron chi connectivity index (χ3n) is 4.85. The molecule has 0 saturated carbocycles. The highest BCUT2D eigenvalue weighted by Crippen LogP contribution is 2.47. The van der Waals surface area contributed by atoms with E-state index in [1.807, 2.05) is 60.7 Å². The quantitative estimate of drug-likeness (QED) is 0.236. The van der Waals surface area contributed by atoms with E-state index < -0.39 is 5.25 Å². The molecule has 0 aliphatic heterocycles. The molecule has 4 heteroatoms. The molecule has 0 radical (unpaired) electrons. The van der Waals surface area contributed by atoms with Crippen LogP contribution in [0.15, 0.2) is 95.9 Å². The summed E-state index contributed by atoms with van der Waals surface area (Å²) in [5.74, 6) is 0. The van der Waals surface area contributed by atoms with Crippen LogP contribution in [0.2, 0.25) is 0 Å². The summed E-state index contributed by atoms with van der Waals surface area (Å²) in [6.07, 6.45) is 0. The number of benzene rings is 4. The van der Waals surface area contributed by atoms with E-state index in [1.165, 1.54) is 0 Å². The van der Waals surface area contributed by atoms with Crippen LogP contribution < -0.4 is 0 Å². The molecule has 5 aromatic rings.